The van der Waals surface area contributed by atoms with Gasteiger partial charge in [-0.15, -0.1) is 0 Å². The molecule has 154 valence electrons. The second-order valence-electron chi connectivity index (χ2n) is 8.63. The van der Waals surface area contributed by atoms with Crippen LogP contribution in [0.25, 0.3) is 0 Å². The van der Waals surface area contributed by atoms with E-state index in [1.165, 1.54) is 31.2 Å². The fourth-order valence-electron chi connectivity index (χ4n) is 5.21. The molecule has 1 aliphatic carbocycles. The molecule has 1 saturated carbocycles. The Kier molecular flexibility index (Phi) is 6.31. The number of likely N-dealkylation sites (tertiary alicyclic amines) is 1. The summed E-state index contributed by atoms with van der Waals surface area (Å²) < 4.78 is 0. The minimum Gasteiger partial charge on any atom is -0.480 e. The number of carboxylic acids is 1. The molecule has 0 radical (unpaired) electrons. The Bertz CT molecular complexity index is 785. The molecule has 2 aliphatic rings. The lowest BCUT2D eigenvalue weighted by Crippen LogP contribution is -2.60. The van der Waals surface area contributed by atoms with E-state index >= 15 is 0 Å². The number of carbonyl (C=O) groups is 1. The fraction of sp³-hybridized carbons (Fsp3) is 0.480. The van der Waals surface area contributed by atoms with Crippen LogP contribution in [0.2, 0.25) is 0 Å². The van der Waals surface area contributed by atoms with Gasteiger partial charge in [-0.2, -0.15) is 0 Å². The summed E-state index contributed by atoms with van der Waals surface area (Å²) in [6, 6.07) is 21.5. The standard InChI is InChI=1S/C25H32N2O2/c28-24(29)25(26-19-20-9-3-1-4-10-20)15-17-27(18-16-25)23-14-8-7-13-22(23)21-11-5-2-6-12-21/h1-6,9-12,22-23,26H,7-8,13-19H2,(H,28,29). The number of aliphatic carboxylic acids is 1. The molecule has 29 heavy (non-hydrogen) atoms. The molecule has 2 atom stereocenters. The van der Waals surface area contributed by atoms with E-state index in [1.807, 2.05) is 30.3 Å². The topological polar surface area (TPSA) is 52.6 Å². The van der Waals surface area contributed by atoms with E-state index < -0.39 is 11.5 Å². The molecule has 4 heteroatoms. The summed E-state index contributed by atoms with van der Waals surface area (Å²) in [5, 5.41) is 13.4. The van der Waals surface area contributed by atoms with Gasteiger partial charge in [-0.25, -0.2) is 0 Å². The van der Waals surface area contributed by atoms with Crippen molar-refractivity contribution in [1.82, 2.24) is 10.2 Å². The number of carboxylic acid groups (broad SMARTS) is 1. The van der Waals surface area contributed by atoms with E-state index in [4.69, 9.17) is 0 Å². The average molecular weight is 393 g/mol. The highest BCUT2D eigenvalue weighted by molar-refractivity contribution is 5.79. The fourth-order valence-corrected chi connectivity index (χ4v) is 5.21. The van der Waals surface area contributed by atoms with Crippen molar-refractivity contribution in [3.05, 3.63) is 71.8 Å². The van der Waals surface area contributed by atoms with Crippen molar-refractivity contribution in [2.75, 3.05) is 13.1 Å². The highest BCUT2D eigenvalue weighted by atomic mass is 16.4. The first-order valence-corrected chi connectivity index (χ1v) is 11.0. The zero-order valence-corrected chi connectivity index (χ0v) is 17.1. The maximum absolute atomic E-state index is 12.2. The highest BCUT2D eigenvalue weighted by Gasteiger charge is 2.43. The van der Waals surface area contributed by atoms with Crippen molar-refractivity contribution in [3.8, 4) is 0 Å². The van der Waals surface area contributed by atoms with E-state index in [0.29, 0.717) is 31.3 Å². The largest absolute Gasteiger partial charge is 0.480 e. The summed E-state index contributed by atoms with van der Waals surface area (Å²) in [7, 11) is 0. The van der Waals surface area contributed by atoms with Gasteiger partial charge in [-0.1, -0.05) is 73.5 Å². The lowest BCUT2D eigenvalue weighted by molar-refractivity contribution is -0.147. The molecular weight excluding hydrogens is 360 g/mol. The molecule has 0 aromatic heterocycles. The minimum absolute atomic E-state index is 0.534. The van der Waals surface area contributed by atoms with Gasteiger partial charge >= 0.3 is 5.97 Å². The van der Waals surface area contributed by atoms with Crippen molar-refractivity contribution in [2.24, 2.45) is 0 Å². The van der Waals surface area contributed by atoms with Gasteiger partial charge in [0.25, 0.3) is 0 Å². The Morgan fingerprint density at radius 3 is 2.24 bits per heavy atom. The monoisotopic (exact) mass is 392 g/mol. The smallest absolute Gasteiger partial charge is 0.324 e. The van der Waals surface area contributed by atoms with E-state index in [0.717, 1.165) is 18.7 Å². The van der Waals surface area contributed by atoms with Crippen LogP contribution in [0.5, 0.6) is 0 Å². The van der Waals surface area contributed by atoms with Crippen molar-refractivity contribution < 1.29 is 9.90 Å². The molecule has 2 fully saturated rings. The quantitative estimate of drug-likeness (QED) is 0.764. The van der Waals surface area contributed by atoms with Crippen LogP contribution in [0.3, 0.4) is 0 Å². The lowest BCUT2D eigenvalue weighted by Gasteiger charge is -2.46. The highest BCUT2D eigenvalue weighted by Crippen LogP contribution is 2.38. The third-order valence-corrected chi connectivity index (χ3v) is 6.96. The van der Waals surface area contributed by atoms with Crippen LogP contribution >= 0.6 is 0 Å². The van der Waals surface area contributed by atoms with Crippen molar-refractivity contribution >= 4 is 5.97 Å². The average Bonchev–Trinajstić information content (AvgIpc) is 2.79. The van der Waals surface area contributed by atoms with Gasteiger partial charge in [-0.3, -0.25) is 15.0 Å². The second-order valence-corrected chi connectivity index (χ2v) is 8.63. The Morgan fingerprint density at radius 1 is 0.966 bits per heavy atom. The Hall–Kier alpha value is -2.17. The molecule has 0 spiro atoms. The zero-order valence-electron chi connectivity index (χ0n) is 17.1. The third kappa shape index (κ3) is 4.54. The van der Waals surface area contributed by atoms with Gasteiger partial charge in [0, 0.05) is 25.7 Å². The molecule has 2 aromatic rings. The van der Waals surface area contributed by atoms with Crippen LogP contribution in [-0.4, -0.2) is 40.6 Å². The predicted molar refractivity (Wildman–Crippen MR) is 116 cm³/mol. The van der Waals surface area contributed by atoms with E-state index in [2.05, 4.69) is 40.5 Å². The van der Waals surface area contributed by atoms with Crippen molar-refractivity contribution in [2.45, 2.75) is 62.6 Å². The summed E-state index contributed by atoms with van der Waals surface area (Å²) in [6.45, 7) is 2.30. The minimum atomic E-state index is -0.816. The number of nitrogens with one attached hydrogen (secondary N) is 1. The number of hydrogen-bond acceptors (Lipinski definition) is 3. The first-order chi connectivity index (χ1) is 14.2. The van der Waals surface area contributed by atoms with Crippen LogP contribution in [0.1, 0.15) is 55.6 Å². The van der Waals surface area contributed by atoms with Crippen molar-refractivity contribution in [3.63, 3.8) is 0 Å². The maximum atomic E-state index is 12.2. The Morgan fingerprint density at radius 2 is 1.59 bits per heavy atom. The molecule has 1 heterocycles. The number of nitrogens with zero attached hydrogens (tertiary/aromatic N) is 1. The van der Waals surface area contributed by atoms with Crippen LogP contribution < -0.4 is 5.32 Å². The molecule has 0 amide bonds. The summed E-state index contributed by atoms with van der Waals surface area (Å²) in [6.07, 6.45) is 6.35. The second kappa shape index (κ2) is 9.10. The predicted octanol–water partition coefficient (Wildman–Crippen LogP) is 4.42. The molecule has 0 bridgehead atoms. The number of hydrogen-bond donors (Lipinski definition) is 2. The third-order valence-electron chi connectivity index (χ3n) is 6.96. The molecular formula is C25H32N2O2. The van der Waals surface area contributed by atoms with Gasteiger partial charge in [-0.05, 0) is 42.7 Å². The van der Waals surface area contributed by atoms with Gasteiger partial charge in [0.05, 0.1) is 0 Å². The summed E-state index contributed by atoms with van der Waals surface area (Å²) in [4.78, 5) is 14.8. The summed E-state index contributed by atoms with van der Waals surface area (Å²) in [5.41, 5.74) is 1.75. The van der Waals surface area contributed by atoms with Crippen LogP contribution in [0.15, 0.2) is 60.7 Å². The molecule has 2 aromatic carbocycles. The summed E-state index contributed by atoms with van der Waals surface area (Å²) >= 11 is 0. The molecule has 1 aliphatic heterocycles. The maximum Gasteiger partial charge on any atom is 0.324 e. The normalized spacial score (nSPS) is 24.8. The van der Waals surface area contributed by atoms with E-state index in [-0.39, 0.29) is 0 Å². The van der Waals surface area contributed by atoms with Gasteiger partial charge < -0.3 is 5.11 Å². The number of rotatable bonds is 6. The van der Waals surface area contributed by atoms with Gasteiger partial charge in [0.2, 0.25) is 0 Å². The molecule has 2 N–H and O–H groups in total. The first-order valence-electron chi connectivity index (χ1n) is 11.0. The summed E-state index contributed by atoms with van der Waals surface area (Å²) in [5.74, 6) is -0.143. The van der Waals surface area contributed by atoms with Crippen LogP contribution in [0, 0.1) is 0 Å². The van der Waals surface area contributed by atoms with Crippen LogP contribution in [0.4, 0.5) is 0 Å². The Balaban J connectivity index is 1.43. The van der Waals surface area contributed by atoms with Crippen molar-refractivity contribution in [1.29, 1.82) is 0 Å². The van der Waals surface area contributed by atoms with Gasteiger partial charge in [0.1, 0.15) is 5.54 Å². The van der Waals surface area contributed by atoms with Crippen LogP contribution in [-0.2, 0) is 11.3 Å². The lowest BCUT2D eigenvalue weighted by atomic mass is 9.77. The number of piperidine rings is 1. The molecule has 4 nitrogen and oxygen atoms in total. The Labute approximate surface area is 173 Å². The first kappa shape index (κ1) is 20.1. The molecule has 2 unspecified atom stereocenters. The van der Waals surface area contributed by atoms with Gasteiger partial charge in [0.15, 0.2) is 0 Å². The number of benzene rings is 2. The zero-order chi connectivity index (χ0) is 20.1. The van der Waals surface area contributed by atoms with E-state index in [1.54, 1.807) is 0 Å². The SMILES string of the molecule is O=C(O)C1(NCc2ccccc2)CCN(C2CCCCC2c2ccccc2)CC1. The molecule has 4 rings (SSSR count). The van der Waals surface area contributed by atoms with E-state index in [9.17, 15) is 9.90 Å². The molecule has 1 saturated heterocycles.